The summed E-state index contributed by atoms with van der Waals surface area (Å²) in [5, 5.41) is 8.92. The molecule has 0 spiro atoms. The summed E-state index contributed by atoms with van der Waals surface area (Å²) in [6.07, 6.45) is 1.80. The topological polar surface area (TPSA) is 37.3 Å². The third-order valence-electron chi connectivity index (χ3n) is 2.28. The van der Waals surface area contributed by atoms with Crippen molar-refractivity contribution in [3.8, 4) is 0 Å². The summed E-state index contributed by atoms with van der Waals surface area (Å²) in [4.78, 5) is 10.9. The number of rotatable bonds is 3. The molecule has 1 rings (SSSR count). The summed E-state index contributed by atoms with van der Waals surface area (Å²) in [5.41, 5.74) is 2.68. The molecule has 0 amide bonds. The molecule has 0 fully saturated rings. The zero-order valence-corrected chi connectivity index (χ0v) is 9.89. The first-order chi connectivity index (χ1) is 6.60. The van der Waals surface area contributed by atoms with Gasteiger partial charge in [-0.2, -0.15) is 0 Å². The number of aryl methyl sites for hydroxylation is 2. The van der Waals surface area contributed by atoms with E-state index in [0.29, 0.717) is 10.0 Å². The Kier molecular flexibility index (Phi) is 3.69. The predicted molar refractivity (Wildman–Crippen MR) is 59.9 cm³/mol. The van der Waals surface area contributed by atoms with E-state index in [1.54, 1.807) is 6.07 Å². The molecule has 0 bridgehead atoms. The van der Waals surface area contributed by atoms with E-state index < -0.39 is 5.97 Å². The van der Waals surface area contributed by atoms with E-state index in [4.69, 9.17) is 5.11 Å². The van der Waals surface area contributed by atoms with Crippen LogP contribution in [0.5, 0.6) is 0 Å². The van der Waals surface area contributed by atoms with Crippen molar-refractivity contribution in [2.75, 3.05) is 0 Å². The second kappa shape index (κ2) is 4.60. The van der Waals surface area contributed by atoms with Crippen molar-refractivity contribution in [3.63, 3.8) is 0 Å². The Morgan fingerprint density at radius 3 is 2.21 bits per heavy atom. The van der Waals surface area contributed by atoms with Crippen LogP contribution >= 0.6 is 15.9 Å². The molecule has 0 radical (unpaired) electrons. The second-order valence-corrected chi connectivity index (χ2v) is 3.97. The van der Waals surface area contributed by atoms with Crippen LogP contribution in [-0.2, 0) is 12.8 Å². The number of aromatic carboxylic acids is 1. The van der Waals surface area contributed by atoms with Crippen molar-refractivity contribution in [2.45, 2.75) is 26.7 Å². The number of benzene rings is 1. The van der Waals surface area contributed by atoms with Gasteiger partial charge in [0.1, 0.15) is 0 Å². The molecule has 76 valence electrons. The maximum Gasteiger partial charge on any atom is 0.336 e. The number of carboxylic acids is 1. The zero-order chi connectivity index (χ0) is 10.7. The highest BCUT2D eigenvalue weighted by Gasteiger charge is 2.11. The van der Waals surface area contributed by atoms with Gasteiger partial charge in [-0.1, -0.05) is 13.8 Å². The minimum absolute atomic E-state index is 0.346. The highest BCUT2D eigenvalue weighted by Crippen LogP contribution is 2.23. The lowest BCUT2D eigenvalue weighted by atomic mass is 10.0. The van der Waals surface area contributed by atoms with Gasteiger partial charge in [-0.15, -0.1) is 0 Å². The molecule has 0 saturated carbocycles. The minimum atomic E-state index is -0.880. The molecule has 14 heavy (non-hydrogen) atoms. The van der Waals surface area contributed by atoms with E-state index in [9.17, 15) is 4.79 Å². The Hall–Kier alpha value is -0.830. The quantitative estimate of drug-likeness (QED) is 0.902. The van der Waals surface area contributed by atoms with Gasteiger partial charge in [0.15, 0.2) is 0 Å². The Bertz CT molecular complexity index is 359. The summed E-state index contributed by atoms with van der Waals surface area (Å²) < 4.78 is 0.666. The molecule has 1 aromatic rings. The average molecular weight is 257 g/mol. The summed E-state index contributed by atoms with van der Waals surface area (Å²) in [7, 11) is 0. The Morgan fingerprint density at radius 1 is 1.29 bits per heavy atom. The second-order valence-electron chi connectivity index (χ2n) is 3.11. The van der Waals surface area contributed by atoms with Crippen LogP contribution in [0.3, 0.4) is 0 Å². The Balaban J connectivity index is 3.30. The molecule has 1 N–H and O–H groups in total. The highest BCUT2D eigenvalue weighted by molar-refractivity contribution is 9.10. The smallest absolute Gasteiger partial charge is 0.336 e. The molecular formula is C11H13BrO2. The molecule has 0 aliphatic heterocycles. The van der Waals surface area contributed by atoms with Crippen molar-refractivity contribution in [1.29, 1.82) is 0 Å². The summed E-state index contributed by atoms with van der Waals surface area (Å²) in [5.74, 6) is -0.880. The molecule has 1 aromatic carbocycles. The molecule has 0 aliphatic carbocycles. The molecule has 0 unspecified atom stereocenters. The summed E-state index contributed by atoms with van der Waals surface area (Å²) in [6, 6.07) is 3.66. The average Bonchev–Trinajstić information content (AvgIpc) is 2.16. The van der Waals surface area contributed by atoms with E-state index in [1.807, 2.05) is 13.0 Å². The number of halogens is 1. The molecular weight excluding hydrogens is 244 g/mol. The van der Waals surface area contributed by atoms with Gasteiger partial charge in [-0.3, -0.25) is 0 Å². The van der Waals surface area contributed by atoms with E-state index >= 15 is 0 Å². The van der Waals surface area contributed by atoms with Gasteiger partial charge in [-0.25, -0.2) is 4.79 Å². The number of hydrogen-bond acceptors (Lipinski definition) is 1. The number of carbonyl (C=O) groups is 1. The van der Waals surface area contributed by atoms with Crippen LogP contribution in [0.1, 0.15) is 35.3 Å². The third kappa shape index (κ3) is 2.15. The van der Waals surface area contributed by atoms with E-state index in [1.165, 1.54) is 5.56 Å². The SMILES string of the molecule is CCc1cc(Br)c(C(=O)O)cc1CC. The first-order valence-electron chi connectivity index (χ1n) is 4.64. The fourth-order valence-electron chi connectivity index (χ4n) is 1.48. The molecule has 0 saturated heterocycles. The van der Waals surface area contributed by atoms with Crippen LogP contribution in [0, 0.1) is 0 Å². The lowest BCUT2D eigenvalue weighted by Crippen LogP contribution is -2.01. The number of carboxylic acid groups (broad SMARTS) is 1. The lowest BCUT2D eigenvalue weighted by Gasteiger charge is -2.08. The molecule has 0 atom stereocenters. The van der Waals surface area contributed by atoms with Crippen molar-refractivity contribution < 1.29 is 9.90 Å². The summed E-state index contributed by atoms with van der Waals surface area (Å²) >= 11 is 3.27. The van der Waals surface area contributed by atoms with Crippen LogP contribution in [0.4, 0.5) is 0 Å². The van der Waals surface area contributed by atoms with E-state index in [0.717, 1.165) is 18.4 Å². The maximum atomic E-state index is 10.9. The van der Waals surface area contributed by atoms with Gasteiger partial charge in [0.25, 0.3) is 0 Å². The fraction of sp³-hybridized carbons (Fsp3) is 0.364. The third-order valence-corrected chi connectivity index (χ3v) is 2.94. The van der Waals surface area contributed by atoms with Crippen LogP contribution in [0.25, 0.3) is 0 Å². The van der Waals surface area contributed by atoms with Crippen molar-refractivity contribution in [3.05, 3.63) is 33.3 Å². The first-order valence-corrected chi connectivity index (χ1v) is 5.44. The molecule has 0 aromatic heterocycles. The largest absolute Gasteiger partial charge is 0.478 e. The Morgan fingerprint density at radius 2 is 1.79 bits per heavy atom. The molecule has 0 heterocycles. The van der Waals surface area contributed by atoms with Gasteiger partial charge in [0, 0.05) is 4.47 Å². The normalized spacial score (nSPS) is 10.2. The van der Waals surface area contributed by atoms with Crippen LogP contribution in [0.2, 0.25) is 0 Å². The van der Waals surface area contributed by atoms with E-state index in [2.05, 4.69) is 22.9 Å². The van der Waals surface area contributed by atoms with Gasteiger partial charge in [0.2, 0.25) is 0 Å². The van der Waals surface area contributed by atoms with Gasteiger partial charge in [0.05, 0.1) is 5.56 Å². The predicted octanol–water partition coefficient (Wildman–Crippen LogP) is 3.27. The van der Waals surface area contributed by atoms with Crippen molar-refractivity contribution in [2.24, 2.45) is 0 Å². The standard InChI is InChI=1S/C11H13BrO2/c1-3-7-5-9(11(13)14)10(12)6-8(7)4-2/h5-6H,3-4H2,1-2H3,(H,13,14). The first kappa shape index (κ1) is 11.2. The van der Waals surface area contributed by atoms with Crippen LogP contribution in [-0.4, -0.2) is 11.1 Å². The van der Waals surface area contributed by atoms with Crippen molar-refractivity contribution >= 4 is 21.9 Å². The monoisotopic (exact) mass is 256 g/mol. The highest BCUT2D eigenvalue weighted by atomic mass is 79.9. The minimum Gasteiger partial charge on any atom is -0.478 e. The maximum absolute atomic E-state index is 10.9. The molecule has 0 aliphatic rings. The van der Waals surface area contributed by atoms with Crippen molar-refractivity contribution in [1.82, 2.24) is 0 Å². The van der Waals surface area contributed by atoms with E-state index in [-0.39, 0.29) is 0 Å². The lowest BCUT2D eigenvalue weighted by molar-refractivity contribution is 0.0696. The molecule has 2 nitrogen and oxygen atoms in total. The summed E-state index contributed by atoms with van der Waals surface area (Å²) in [6.45, 7) is 4.11. The zero-order valence-electron chi connectivity index (χ0n) is 8.30. The van der Waals surface area contributed by atoms with Gasteiger partial charge in [-0.05, 0) is 52.0 Å². The fourth-order valence-corrected chi connectivity index (χ4v) is 2.04. The van der Waals surface area contributed by atoms with Crippen LogP contribution in [0.15, 0.2) is 16.6 Å². The van der Waals surface area contributed by atoms with Gasteiger partial charge < -0.3 is 5.11 Å². The number of hydrogen-bond donors (Lipinski definition) is 1. The van der Waals surface area contributed by atoms with Gasteiger partial charge >= 0.3 is 5.97 Å². The molecule has 3 heteroatoms. The van der Waals surface area contributed by atoms with Crippen LogP contribution < -0.4 is 0 Å². The Labute approximate surface area is 92.1 Å².